The number of hydrogen-bond donors (Lipinski definition) is 3. The summed E-state index contributed by atoms with van der Waals surface area (Å²) in [5.74, 6) is 0.539. The number of aliphatic hydroxyl groups is 1. The summed E-state index contributed by atoms with van der Waals surface area (Å²) in [6.45, 7) is 4.14. The molecular formula is C10H20N2O2S. The van der Waals surface area contributed by atoms with E-state index in [0.717, 1.165) is 25.9 Å². The highest BCUT2D eigenvalue weighted by atomic mass is 32.2. The van der Waals surface area contributed by atoms with Crippen LogP contribution in [0.2, 0.25) is 0 Å². The van der Waals surface area contributed by atoms with Gasteiger partial charge in [0.15, 0.2) is 0 Å². The standard InChI is InChI=1S/C10H20N2O2S/c1-8(13)6-12-10(14)7-15-9-2-4-11-5-3-9/h8-9,11,13H,2-7H2,1H3,(H,12,14). The largest absolute Gasteiger partial charge is 0.392 e. The Hall–Kier alpha value is -0.260. The highest BCUT2D eigenvalue weighted by molar-refractivity contribution is 8.00. The summed E-state index contributed by atoms with van der Waals surface area (Å²) < 4.78 is 0. The first kappa shape index (κ1) is 12.8. The smallest absolute Gasteiger partial charge is 0.230 e. The number of thioether (sulfide) groups is 1. The molecule has 0 bridgehead atoms. The molecule has 1 rings (SSSR count). The van der Waals surface area contributed by atoms with Gasteiger partial charge in [-0.2, -0.15) is 0 Å². The first-order valence-corrected chi connectivity index (χ1v) is 6.50. The molecule has 1 fully saturated rings. The van der Waals surface area contributed by atoms with E-state index in [2.05, 4.69) is 10.6 Å². The fraction of sp³-hybridized carbons (Fsp3) is 0.900. The van der Waals surface area contributed by atoms with Crippen molar-refractivity contribution in [3.63, 3.8) is 0 Å². The van der Waals surface area contributed by atoms with Crippen LogP contribution in [0, 0.1) is 0 Å². The average molecular weight is 232 g/mol. The number of piperidine rings is 1. The minimum Gasteiger partial charge on any atom is -0.392 e. The quantitative estimate of drug-likeness (QED) is 0.623. The van der Waals surface area contributed by atoms with Crippen LogP contribution in [-0.2, 0) is 4.79 Å². The number of carbonyl (C=O) groups is 1. The van der Waals surface area contributed by atoms with Gasteiger partial charge in [-0.1, -0.05) is 0 Å². The van der Waals surface area contributed by atoms with Crippen molar-refractivity contribution in [1.82, 2.24) is 10.6 Å². The third-order valence-electron chi connectivity index (χ3n) is 2.33. The van der Waals surface area contributed by atoms with Crippen molar-refractivity contribution in [3.8, 4) is 0 Å². The first-order chi connectivity index (χ1) is 7.18. The Bertz CT molecular complexity index is 194. The van der Waals surface area contributed by atoms with Crippen molar-refractivity contribution >= 4 is 17.7 Å². The summed E-state index contributed by atoms with van der Waals surface area (Å²) in [6, 6.07) is 0. The van der Waals surface area contributed by atoms with Gasteiger partial charge >= 0.3 is 0 Å². The highest BCUT2D eigenvalue weighted by Gasteiger charge is 2.14. The zero-order chi connectivity index (χ0) is 11.1. The third-order valence-corrected chi connectivity index (χ3v) is 3.70. The van der Waals surface area contributed by atoms with E-state index in [1.165, 1.54) is 0 Å². The molecule has 1 unspecified atom stereocenters. The van der Waals surface area contributed by atoms with Crippen molar-refractivity contribution in [2.75, 3.05) is 25.4 Å². The van der Waals surface area contributed by atoms with Crippen LogP contribution in [0.4, 0.5) is 0 Å². The minimum atomic E-state index is -0.460. The Morgan fingerprint density at radius 3 is 2.87 bits per heavy atom. The lowest BCUT2D eigenvalue weighted by Crippen LogP contribution is -2.33. The molecule has 1 heterocycles. The van der Waals surface area contributed by atoms with Crippen LogP contribution < -0.4 is 10.6 Å². The van der Waals surface area contributed by atoms with E-state index in [4.69, 9.17) is 5.11 Å². The second-order valence-electron chi connectivity index (χ2n) is 3.91. The molecule has 0 saturated carbocycles. The topological polar surface area (TPSA) is 61.4 Å². The zero-order valence-electron chi connectivity index (χ0n) is 9.16. The molecule has 0 radical (unpaired) electrons. The molecule has 4 nitrogen and oxygen atoms in total. The van der Waals surface area contributed by atoms with Crippen LogP contribution >= 0.6 is 11.8 Å². The fourth-order valence-electron chi connectivity index (χ4n) is 1.47. The Morgan fingerprint density at radius 1 is 1.60 bits per heavy atom. The predicted octanol–water partition coefficient (Wildman–Crippen LogP) is -0.0314. The molecule has 15 heavy (non-hydrogen) atoms. The minimum absolute atomic E-state index is 0.0273. The van der Waals surface area contributed by atoms with Crippen LogP contribution in [-0.4, -0.2) is 47.8 Å². The summed E-state index contributed by atoms with van der Waals surface area (Å²) in [5.41, 5.74) is 0. The molecule has 0 spiro atoms. The van der Waals surface area contributed by atoms with Gasteiger partial charge in [0.1, 0.15) is 0 Å². The third kappa shape index (κ3) is 6.02. The molecule has 1 amide bonds. The molecule has 5 heteroatoms. The lowest BCUT2D eigenvalue weighted by Gasteiger charge is -2.21. The van der Waals surface area contributed by atoms with E-state index in [1.807, 2.05) is 0 Å². The van der Waals surface area contributed by atoms with Crippen LogP contribution in [0.3, 0.4) is 0 Å². The summed E-state index contributed by atoms with van der Waals surface area (Å²) >= 11 is 1.72. The van der Waals surface area contributed by atoms with Gasteiger partial charge in [-0.05, 0) is 32.9 Å². The van der Waals surface area contributed by atoms with E-state index < -0.39 is 6.10 Å². The summed E-state index contributed by atoms with van der Waals surface area (Å²) in [6.07, 6.45) is 1.83. The van der Waals surface area contributed by atoms with Crippen LogP contribution in [0.5, 0.6) is 0 Å². The lowest BCUT2D eigenvalue weighted by molar-refractivity contribution is -0.118. The van der Waals surface area contributed by atoms with E-state index in [1.54, 1.807) is 18.7 Å². The molecule has 0 aromatic carbocycles. The van der Waals surface area contributed by atoms with E-state index >= 15 is 0 Å². The van der Waals surface area contributed by atoms with Gasteiger partial charge in [0.25, 0.3) is 0 Å². The normalized spacial score (nSPS) is 19.9. The fourth-order valence-corrected chi connectivity index (χ4v) is 2.53. The summed E-state index contributed by atoms with van der Waals surface area (Å²) in [7, 11) is 0. The van der Waals surface area contributed by atoms with E-state index in [0.29, 0.717) is 17.5 Å². The maximum Gasteiger partial charge on any atom is 0.230 e. The van der Waals surface area contributed by atoms with Gasteiger partial charge in [0.05, 0.1) is 11.9 Å². The average Bonchev–Trinajstić information content (AvgIpc) is 2.25. The van der Waals surface area contributed by atoms with Gasteiger partial charge in [-0.25, -0.2) is 0 Å². The molecular weight excluding hydrogens is 212 g/mol. The van der Waals surface area contributed by atoms with Gasteiger partial charge in [0, 0.05) is 11.8 Å². The highest BCUT2D eigenvalue weighted by Crippen LogP contribution is 2.19. The van der Waals surface area contributed by atoms with Gasteiger partial charge in [-0.3, -0.25) is 4.79 Å². The van der Waals surface area contributed by atoms with Crippen LogP contribution in [0.15, 0.2) is 0 Å². The number of carbonyl (C=O) groups excluding carboxylic acids is 1. The Kier molecular flexibility index (Phi) is 6.05. The van der Waals surface area contributed by atoms with Gasteiger partial charge in [-0.15, -0.1) is 11.8 Å². The van der Waals surface area contributed by atoms with Gasteiger partial charge in [0.2, 0.25) is 5.91 Å². The molecule has 3 N–H and O–H groups in total. The molecule has 0 aliphatic carbocycles. The number of aliphatic hydroxyl groups excluding tert-OH is 1. The second kappa shape index (κ2) is 7.09. The summed E-state index contributed by atoms with van der Waals surface area (Å²) in [4.78, 5) is 11.3. The first-order valence-electron chi connectivity index (χ1n) is 5.45. The molecule has 1 aliphatic heterocycles. The SMILES string of the molecule is CC(O)CNC(=O)CSC1CCNCC1. The Labute approximate surface area is 95.2 Å². The molecule has 1 saturated heterocycles. The summed E-state index contributed by atoms with van der Waals surface area (Å²) in [5, 5.41) is 15.6. The molecule has 1 aliphatic rings. The molecule has 88 valence electrons. The number of rotatable bonds is 5. The number of hydrogen-bond acceptors (Lipinski definition) is 4. The number of nitrogens with one attached hydrogen (secondary N) is 2. The number of amides is 1. The van der Waals surface area contributed by atoms with Crippen molar-refractivity contribution in [3.05, 3.63) is 0 Å². The van der Waals surface area contributed by atoms with Crippen molar-refractivity contribution in [2.45, 2.75) is 31.1 Å². The Morgan fingerprint density at radius 2 is 2.27 bits per heavy atom. The second-order valence-corrected chi connectivity index (χ2v) is 5.20. The monoisotopic (exact) mass is 232 g/mol. The van der Waals surface area contributed by atoms with Crippen molar-refractivity contribution < 1.29 is 9.90 Å². The Balaban J connectivity index is 2.05. The lowest BCUT2D eigenvalue weighted by atomic mass is 10.2. The maximum atomic E-state index is 11.3. The van der Waals surface area contributed by atoms with E-state index in [9.17, 15) is 4.79 Å². The zero-order valence-corrected chi connectivity index (χ0v) is 9.98. The van der Waals surface area contributed by atoms with Crippen LogP contribution in [0.25, 0.3) is 0 Å². The molecule has 0 aromatic rings. The van der Waals surface area contributed by atoms with Crippen molar-refractivity contribution in [1.29, 1.82) is 0 Å². The molecule has 1 atom stereocenters. The van der Waals surface area contributed by atoms with E-state index in [-0.39, 0.29) is 5.91 Å². The van der Waals surface area contributed by atoms with Gasteiger partial charge < -0.3 is 15.7 Å². The predicted molar refractivity (Wildman–Crippen MR) is 63.0 cm³/mol. The maximum absolute atomic E-state index is 11.3. The van der Waals surface area contributed by atoms with Crippen molar-refractivity contribution in [2.24, 2.45) is 0 Å². The van der Waals surface area contributed by atoms with Crippen LogP contribution in [0.1, 0.15) is 19.8 Å². The molecule has 0 aromatic heterocycles.